The van der Waals surface area contributed by atoms with E-state index in [0.717, 1.165) is 26.3 Å². The summed E-state index contributed by atoms with van der Waals surface area (Å²) in [6, 6.07) is 6.83. The molecule has 1 aliphatic rings. The highest BCUT2D eigenvalue weighted by molar-refractivity contribution is 5.91. The number of carboxylic acid groups (broad SMARTS) is 1. The van der Waals surface area contributed by atoms with Gasteiger partial charge in [0.1, 0.15) is 0 Å². The minimum absolute atomic E-state index is 0.0817. The van der Waals surface area contributed by atoms with E-state index in [9.17, 15) is 9.59 Å². The molecule has 1 amide bonds. The van der Waals surface area contributed by atoms with E-state index in [1.165, 1.54) is 6.07 Å². The SMILES string of the molecule is CC(CNC(=O)Cc1ccccc1C(=O)O)N1CCOCC1. The van der Waals surface area contributed by atoms with Crippen molar-refractivity contribution in [3.8, 4) is 0 Å². The lowest BCUT2D eigenvalue weighted by atomic mass is 10.0. The van der Waals surface area contributed by atoms with Crippen LogP contribution in [0.3, 0.4) is 0 Å². The van der Waals surface area contributed by atoms with Crippen molar-refractivity contribution in [3.63, 3.8) is 0 Å². The van der Waals surface area contributed by atoms with E-state index in [0.29, 0.717) is 12.1 Å². The third kappa shape index (κ3) is 4.54. The van der Waals surface area contributed by atoms with Gasteiger partial charge >= 0.3 is 5.97 Å². The molecule has 0 radical (unpaired) electrons. The van der Waals surface area contributed by atoms with E-state index >= 15 is 0 Å². The number of aromatic carboxylic acids is 1. The summed E-state index contributed by atoms with van der Waals surface area (Å²) in [5.41, 5.74) is 0.713. The molecule has 0 aromatic heterocycles. The molecule has 1 aliphatic heterocycles. The lowest BCUT2D eigenvalue weighted by molar-refractivity contribution is -0.120. The van der Waals surface area contributed by atoms with Gasteiger partial charge in [-0.15, -0.1) is 0 Å². The van der Waals surface area contributed by atoms with E-state index in [1.807, 2.05) is 0 Å². The Morgan fingerprint density at radius 1 is 1.32 bits per heavy atom. The van der Waals surface area contributed by atoms with Crippen molar-refractivity contribution in [3.05, 3.63) is 35.4 Å². The zero-order valence-electron chi connectivity index (χ0n) is 12.7. The molecular formula is C16H22N2O4. The third-order valence-corrected chi connectivity index (χ3v) is 3.86. The molecular weight excluding hydrogens is 284 g/mol. The van der Waals surface area contributed by atoms with Gasteiger partial charge in [-0.2, -0.15) is 0 Å². The highest BCUT2D eigenvalue weighted by Gasteiger charge is 2.18. The monoisotopic (exact) mass is 306 g/mol. The highest BCUT2D eigenvalue weighted by atomic mass is 16.5. The van der Waals surface area contributed by atoms with Crippen LogP contribution in [0.2, 0.25) is 0 Å². The number of nitrogens with one attached hydrogen (secondary N) is 1. The molecule has 1 saturated heterocycles. The number of carbonyl (C=O) groups is 2. The second-order valence-electron chi connectivity index (χ2n) is 5.44. The van der Waals surface area contributed by atoms with Crippen molar-refractivity contribution in [1.82, 2.24) is 10.2 Å². The van der Waals surface area contributed by atoms with Gasteiger partial charge in [0.05, 0.1) is 25.2 Å². The third-order valence-electron chi connectivity index (χ3n) is 3.86. The van der Waals surface area contributed by atoms with E-state index in [4.69, 9.17) is 9.84 Å². The molecule has 1 atom stereocenters. The lowest BCUT2D eigenvalue weighted by Crippen LogP contribution is -2.47. The van der Waals surface area contributed by atoms with Gasteiger partial charge in [-0.05, 0) is 18.6 Å². The summed E-state index contributed by atoms with van der Waals surface area (Å²) < 4.78 is 5.31. The first kappa shape index (κ1) is 16.5. The first-order valence-electron chi connectivity index (χ1n) is 7.47. The Bertz CT molecular complexity index is 527. The Hall–Kier alpha value is -1.92. The predicted molar refractivity (Wildman–Crippen MR) is 82.0 cm³/mol. The molecule has 6 heteroatoms. The average molecular weight is 306 g/mol. The van der Waals surface area contributed by atoms with Crippen LogP contribution in [-0.4, -0.2) is 60.8 Å². The van der Waals surface area contributed by atoms with Crippen LogP contribution in [-0.2, 0) is 16.0 Å². The number of morpholine rings is 1. The fourth-order valence-electron chi connectivity index (χ4n) is 2.53. The number of carboxylic acids is 1. The zero-order chi connectivity index (χ0) is 15.9. The molecule has 1 aromatic rings. The van der Waals surface area contributed by atoms with Crippen LogP contribution in [0.5, 0.6) is 0 Å². The Balaban J connectivity index is 1.84. The van der Waals surface area contributed by atoms with Gasteiger partial charge in [-0.25, -0.2) is 4.79 Å². The van der Waals surface area contributed by atoms with Crippen LogP contribution in [0.1, 0.15) is 22.8 Å². The van der Waals surface area contributed by atoms with Crippen molar-refractivity contribution in [1.29, 1.82) is 0 Å². The molecule has 0 bridgehead atoms. The number of rotatable bonds is 6. The van der Waals surface area contributed by atoms with Crippen molar-refractivity contribution in [2.24, 2.45) is 0 Å². The Kier molecular flexibility index (Phi) is 5.91. The fourth-order valence-corrected chi connectivity index (χ4v) is 2.53. The first-order valence-corrected chi connectivity index (χ1v) is 7.47. The largest absolute Gasteiger partial charge is 0.478 e. The summed E-state index contributed by atoms with van der Waals surface area (Å²) in [6.07, 6.45) is 0.0817. The molecule has 1 aromatic carbocycles. The number of hydrogen-bond donors (Lipinski definition) is 2. The molecule has 6 nitrogen and oxygen atoms in total. The van der Waals surface area contributed by atoms with Crippen molar-refractivity contribution < 1.29 is 19.4 Å². The number of nitrogens with zero attached hydrogens (tertiary/aromatic N) is 1. The van der Waals surface area contributed by atoms with Crippen molar-refractivity contribution >= 4 is 11.9 Å². The number of benzene rings is 1. The predicted octanol–water partition coefficient (Wildman–Crippen LogP) is 0.764. The molecule has 1 heterocycles. The van der Waals surface area contributed by atoms with Gasteiger partial charge in [0.2, 0.25) is 5.91 Å². The normalized spacial score (nSPS) is 17.0. The smallest absolute Gasteiger partial charge is 0.335 e. The van der Waals surface area contributed by atoms with Gasteiger partial charge < -0.3 is 15.2 Å². The maximum Gasteiger partial charge on any atom is 0.335 e. The summed E-state index contributed by atoms with van der Waals surface area (Å²) in [5, 5.41) is 12.0. The van der Waals surface area contributed by atoms with Crippen LogP contribution in [0, 0.1) is 0 Å². The molecule has 1 fully saturated rings. The first-order chi connectivity index (χ1) is 10.6. The number of hydrogen-bond acceptors (Lipinski definition) is 4. The van der Waals surface area contributed by atoms with Crippen LogP contribution in [0.15, 0.2) is 24.3 Å². The summed E-state index contributed by atoms with van der Waals surface area (Å²) in [5.74, 6) is -1.17. The van der Waals surface area contributed by atoms with Gasteiger partial charge in [-0.1, -0.05) is 18.2 Å². The molecule has 0 saturated carbocycles. The second-order valence-corrected chi connectivity index (χ2v) is 5.44. The zero-order valence-corrected chi connectivity index (χ0v) is 12.7. The van der Waals surface area contributed by atoms with E-state index in [-0.39, 0.29) is 23.9 Å². The Morgan fingerprint density at radius 2 is 2.00 bits per heavy atom. The van der Waals surface area contributed by atoms with E-state index in [1.54, 1.807) is 18.2 Å². The Morgan fingerprint density at radius 3 is 2.68 bits per heavy atom. The minimum Gasteiger partial charge on any atom is -0.478 e. The molecule has 1 unspecified atom stereocenters. The van der Waals surface area contributed by atoms with Crippen molar-refractivity contribution in [2.75, 3.05) is 32.8 Å². The standard InChI is InChI=1S/C16H22N2O4/c1-12(18-6-8-22-9-7-18)11-17-15(19)10-13-4-2-3-5-14(13)16(20)21/h2-5,12H,6-11H2,1H3,(H,17,19)(H,20,21). The minimum atomic E-state index is -1.01. The number of carbonyl (C=O) groups excluding carboxylic acids is 1. The van der Waals surface area contributed by atoms with Crippen LogP contribution >= 0.6 is 0 Å². The molecule has 22 heavy (non-hydrogen) atoms. The fraction of sp³-hybridized carbons (Fsp3) is 0.500. The number of ether oxygens (including phenoxy) is 1. The van der Waals surface area contributed by atoms with Gasteiger partial charge in [0.15, 0.2) is 0 Å². The van der Waals surface area contributed by atoms with Crippen LogP contribution < -0.4 is 5.32 Å². The summed E-state index contributed by atoms with van der Waals surface area (Å²) in [4.78, 5) is 25.4. The maximum atomic E-state index is 12.0. The molecule has 0 spiro atoms. The average Bonchev–Trinajstić information content (AvgIpc) is 2.53. The molecule has 0 aliphatic carbocycles. The summed E-state index contributed by atoms with van der Waals surface area (Å²) in [6.45, 7) is 5.82. The van der Waals surface area contributed by atoms with Crippen LogP contribution in [0.4, 0.5) is 0 Å². The van der Waals surface area contributed by atoms with Crippen molar-refractivity contribution in [2.45, 2.75) is 19.4 Å². The van der Waals surface area contributed by atoms with Gasteiger partial charge in [-0.3, -0.25) is 9.69 Å². The Labute approximate surface area is 130 Å². The molecule has 2 rings (SSSR count). The topological polar surface area (TPSA) is 78.9 Å². The summed E-state index contributed by atoms with van der Waals surface area (Å²) >= 11 is 0. The van der Waals surface area contributed by atoms with Gasteiger partial charge in [0.25, 0.3) is 0 Å². The molecule has 120 valence electrons. The van der Waals surface area contributed by atoms with E-state index < -0.39 is 5.97 Å². The second kappa shape index (κ2) is 7.91. The lowest BCUT2D eigenvalue weighted by Gasteiger charge is -2.32. The highest BCUT2D eigenvalue weighted by Crippen LogP contribution is 2.09. The maximum absolute atomic E-state index is 12.0. The molecule has 2 N–H and O–H groups in total. The quantitative estimate of drug-likeness (QED) is 0.811. The van der Waals surface area contributed by atoms with E-state index in [2.05, 4.69) is 17.1 Å². The number of amides is 1. The van der Waals surface area contributed by atoms with Crippen LogP contribution in [0.25, 0.3) is 0 Å². The van der Waals surface area contributed by atoms with Gasteiger partial charge in [0, 0.05) is 25.7 Å². The summed E-state index contributed by atoms with van der Waals surface area (Å²) in [7, 11) is 0.